The number of carbonyl (C=O) groups excluding carboxylic acids is 2. The molecule has 8 nitrogen and oxygen atoms in total. The maximum absolute atomic E-state index is 14.4. The predicted octanol–water partition coefficient (Wildman–Crippen LogP) is 5.94. The summed E-state index contributed by atoms with van der Waals surface area (Å²) < 4.78 is 41.8. The Bertz CT molecular complexity index is 1360. The lowest BCUT2D eigenvalue weighted by Gasteiger charge is -2.33. The molecule has 3 aromatic rings. The Kier molecular flexibility index (Phi) is 8.13. The normalized spacial score (nSPS) is 18.5. The van der Waals surface area contributed by atoms with Crippen LogP contribution in [0.4, 0.5) is 13.6 Å². The average Bonchev–Trinajstić information content (AvgIpc) is 3.15. The number of nitrogens with one attached hydrogen (secondary N) is 2. The van der Waals surface area contributed by atoms with Crippen molar-refractivity contribution in [1.29, 1.82) is 0 Å². The Hall–Kier alpha value is -3.69. The molecule has 210 valence electrons. The molecular formula is C29H36F2N4O4. The molecule has 0 saturated heterocycles. The zero-order chi connectivity index (χ0) is 28.5. The van der Waals surface area contributed by atoms with Crippen LogP contribution in [0.25, 0.3) is 5.65 Å². The zero-order valence-corrected chi connectivity index (χ0v) is 23.2. The summed E-state index contributed by atoms with van der Waals surface area (Å²) in [5.41, 5.74) is 1.12. The van der Waals surface area contributed by atoms with E-state index in [0.717, 1.165) is 24.8 Å². The van der Waals surface area contributed by atoms with E-state index in [-0.39, 0.29) is 23.6 Å². The van der Waals surface area contributed by atoms with Crippen molar-refractivity contribution in [1.82, 2.24) is 20.0 Å². The van der Waals surface area contributed by atoms with Crippen LogP contribution in [-0.2, 0) is 4.74 Å². The first-order valence-corrected chi connectivity index (χ1v) is 13.2. The van der Waals surface area contributed by atoms with Crippen molar-refractivity contribution in [2.24, 2.45) is 0 Å². The molecule has 1 fully saturated rings. The minimum absolute atomic E-state index is 0.181. The second kappa shape index (κ2) is 11.2. The fourth-order valence-corrected chi connectivity index (χ4v) is 5.04. The third kappa shape index (κ3) is 6.49. The quantitative estimate of drug-likeness (QED) is 0.402. The van der Waals surface area contributed by atoms with Crippen LogP contribution in [0.3, 0.4) is 0 Å². The molecule has 0 spiro atoms. The van der Waals surface area contributed by atoms with Crippen LogP contribution in [0.5, 0.6) is 5.75 Å². The molecule has 10 heteroatoms. The van der Waals surface area contributed by atoms with Crippen LogP contribution in [0.2, 0.25) is 0 Å². The number of halogens is 2. The number of fused-ring (bicyclic) bond motifs is 1. The number of amides is 2. The largest absolute Gasteiger partial charge is 0.482 e. The third-order valence-corrected chi connectivity index (χ3v) is 6.71. The Balaban J connectivity index is 1.59. The maximum Gasteiger partial charge on any atom is 0.407 e. The highest BCUT2D eigenvalue weighted by atomic mass is 19.1. The minimum Gasteiger partial charge on any atom is -0.482 e. The van der Waals surface area contributed by atoms with Crippen molar-refractivity contribution in [3.63, 3.8) is 0 Å². The molecule has 2 N–H and O–H groups in total. The number of ether oxygens (including phenoxy) is 2. The van der Waals surface area contributed by atoms with Crippen LogP contribution < -0.4 is 15.4 Å². The first kappa shape index (κ1) is 28.3. The average molecular weight is 543 g/mol. The molecule has 1 aliphatic carbocycles. The van der Waals surface area contributed by atoms with Gasteiger partial charge in [0, 0.05) is 12.2 Å². The summed E-state index contributed by atoms with van der Waals surface area (Å²) in [6, 6.07) is 4.84. The lowest BCUT2D eigenvalue weighted by molar-refractivity contribution is 0.0474. The molecule has 4 rings (SSSR count). The molecule has 39 heavy (non-hydrogen) atoms. The topological polar surface area (TPSA) is 94.0 Å². The lowest BCUT2D eigenvalue weighted by Crippen LogP contribution is -2.54. The van der Waals surface area contributed by atoms with Gasteiger partial charge in [0.1, 0.15) is 29.0 Å². The fourth-order valence-electron chi connectivity index (χ4n) is 5.04. The summed E-state index contributed by atoms with van der Waals surface area (Å²) >= 11 is 0. The highest BCUT2D eigenvalue weighted by Crippen LogP contribution is 2.31. The molecule has 2 heterocycles. The highest BCUT2D eigenvalue weighted by molar-refractivity contribution is 5.95. The number of rotatable bonds is 6. The second-order valence-electron chi connectivity index (χ2n) is 11.1. The van der Waals surface area contributed by atoms with E-state index in [4.69, 9.17) is 9.47 Å². The van der Waals surface area contributed by atoms with E-state index in [1.807, 2.05) is 6.92 Å². The van der Waals surface area contributed by atoms with Gasteiger partial charge in [0.2, 0.25) is 0 Å². The Morgan fingerprint density at radius 2 is 1.69 bits per heavy atom. The van der Waals surface area contributed by atoms with Crippen molar-refractivity contribution in [2.75, 3.05) is 0 Å². The Morgan fingerprint density at radius 1 is 1.08 bits per heavy atom. The van der Waals surface area contributed by atoms with Crippen molar-refractivity contribution >= 4 is 17.6 Å². The van der Waals surface area contributed by atoms with Gasteiger partial charge in [-0.15, -0.1) is 0 Å². The maximum atomic E-state index is 14.4. The van der Waals surface area contributed by atoms with Crippen molar-refractivity contribution in [2.45, 2.75) is 91.0 Å². The number of aryl methyl sites for hydroxylation is 2. The van der Waals surface area contributed by atoms with Gasteiger partial charge < -0.3 is 20.1 Å². The molecule has 1 unspecified atom stereocenters. The molecule has 0 radical (unpaired) electrons. The molecule has 1 saturated carbocycles. The van der Waals surface area contributed by atoms with Crippen LogP contribution >= 0.6 is 0 Å². The highest BCUT2D eigenvalue weighted by Gasteiger charge is 2.31. The molecule has 0 bridgehead atoms. The number of nitrogens with zero attached hydrogens (tertiary/aromatic N) is 2. The summed E-state index contributed by atoms with van der Waals surface area (Å²) in [4.78, 5) is 30.5. The van der Waals surface area contributed by atoms with Crippen LogP contribution in [-0.4, -0.2) is 39.1 Å². The second-order valence-corrected chi connectivity index (χ2v) is 11.1. The van der Waals surface area contributed by atoms with Gasteiger partial charge in [-0.05, 0) is 78.1 Å². The Labute approximate surface area is 227 Å². The summed E-state index contributed by atoms with van der Waals surface area (Å²) in [7, 11) is 0. The molecule has 2 aromatic heterocycles. The van der Waals surface area contributed by atoms with Gasteiger partial charge in [-0.25, -0.2) is 18.6 Å². The third-order valence-electron chi connectivity index (χ3n) is 6.71. The van der Waals surface area contributed by atoms with Gasteiger partial charge in [0.05, 0.1) is 17.3 Å². The predicted molar refractivity (Wildman–Crippen MR) is 143 cm³/mol. The van der Waals surface area contributed by atoms with E-state index in [1.54, 1.807) is 51.3 Å². The van der Waals surface area contributed by atoms with Gasteiger partial charge in [0.15, 0.2) is 11.4 Å². The number of aromatic nitrogens is 2. The van der Waals surface area contributed by atoms with Gasteiger partial charge in [-0.2, -0.15) is 0 Å². The molecule has 1 aromatic carbocycles. The number of pyridine rings is 1. The van der Waals surface area contributed by atoms with Gasteiger partial charge in [0.25, 0.3) is 5.91 Å². The van der Waals surface area contributed by atoms with Crippen molar-refractivity contribution < 1.29 is 27.8 Å². The van der Waals surface area contributed by atoms with Gasteiger partial charge in [-0.3, -0.25) is 9.20 Å². The molecule has 2 amide bonds. The first-order valence-electron chi connectivity index (χ1n) is 13.2. The zero-order valence-electron chi connectivity index (χ0n) is 23.2. The lowest BCUT2D eigenvalue weighted by atomic mass is 9.90. The van der Waals surface area contributed by atoms with E-state index in [0.29, 0.717) is 29.2 Å². The number of hydrogen-bond acceptors (Lipinski definition) is 5. The minimum atomic E-state index is -0.937. The summed E-state index contributed by atoms with van der Waals surface area (Å²) in [6.07, 6.45) is 3.60. The number of carbonyl (C=O) groups is 2. The summed E-state index contributed by atoms with van der Waals surface area (Å²) in [5, 5.41) is 6.00. The monoisotopic (exact) mass is 542 g/mol. The summed E-state index contributed by atoms with van der Waals surface area (Å²) in [6.45, 7) is 10.5. The smallest absolute Gasteiger partial charge is 0.407 e. The van der Waals surface area contributed by atoms with Gasteiger partial charge in [-0.1, -0.05) is 18.9 Å². The van der Waals surface area contributed by atoms with Crippen molar-refractivity contribution in [3.8, 4) is 5.75 Å². The number of benzene rings is 1. The molecule has 1 aliphatic rings. The van der Waals surface area contributed by atoms with E-state index < -0.39 is 29.4 Å². The SMILES string of the molecule is Cc1cc(OC(C)c2c(F)cccc2F)c2nc(C)c(C(=O)N[C@@H]3CCCC[C@H]3NC(=O)OC(C)(C)C)n2c1. The number of imidazole rings is 1. The van der Waals surface area contributed by atoms with Gasteiger partial charge >= 0.3 is 6.09 Å². The van der Waals surface area contributed by atoms with E-state index in [1.165, 1.54) is 18.2 Å². The van der Waals surface area contributed by atoms with Crippen LogP contribution in [0, 0.1) is 25.5 Å². The number of alkyl carbamates (subject to hydrolysis) is 1. The number of hydrogen-bond donors (Lipinski definition) is 2. The molecular weight excluding hydrogens is 506 g/mol. The van der Waals surface area contributed by atoms with Crippen LogP contribution in [0.1, 0.15) is 86.8 Å². The summed E-state index contributed by atoms with van der Waals surface area (Å²) in [5.74, 6) is -1.44. The first-order chi connectivity index (χ1) is 18.3. The van der Waals surface area contributed by atoms with Crippen molar-refractivity contribution in [3.05, 3.63) is 64.6 Å². The van der Waals surface area contributed by atoms with Crippen LogP contribution in [0.15, 0.2) is 30.5 Å². The van der Waals surface area contributed by atoms with E-state index in [9.17, 15) is 18.4 Å². The van der Waals surface area contributed by atoms with E-state index in [2.05, 4.69) is 15.6 Å². The fraction of sp³-hybridized carbons (Fsp3) is 0.483. The molecule has 0 aliphatic heterocycles. The molecule has 3 atom stereocenters. The van der Waals surface area contributed by atoms with E-state index >= 15 is 0 Å². The standard InChI is InChI=1S/C29H36F2N4O4/c1-16-14-23(38-18(3)24-19(30)10-9-11-20(24)31)26-32-17(2)25(35(26)15-16)27(36)33-21-12-7-8-13-22(21)34-28(37)39-29(4,5)6/h9-11,14-15,18,21-22H,7-8,12-13H2,1-6H3,(H,33,36)(H,34,37)/t18?,21-,22-/m1/s1. The Morgan fingerprint density at radius 3 is 2.31 bits per heavy atom.